The number of nitrogens with zero attached hydrogens (tertiary/aromatic N) is 2. The Morgan fingerprint density at radius 1 is 1.40 bits per heavy atom. The van der Waals surface area contributed by atoms with Crippen LogP contribution in [-0.4, -0.2) is 42.3 Å². The predicted octanol–water partition coefficient (Wildman–Crippen LogP) is 4.32. The molecule has 4 rings (SSSR count). The van der Waals surface area contributed by atoms with Crippen molar-refractivity contribution in [2.45, 2.75) is 38.8 Å². The number of benzene rings is 1. The molecular weight excluding hydrogens is 356 g/mol. The molecule has 2 aliphatic heterocycles. The maximum absolute atomic E-state index is 13.0. The summed E-state index contributed by atoms with van der Waals surface area (Å²) in [5.41, 5.74) is 2.05. The van der Waals surface area contributed by atoms with Gasteiger partial charge < -0.3 is 9.64 Å². The molecule has 0 bridgehead atoms. The fourth-order valence-corrected chi connectivity index (χ4v) is 4.98. The summed E-state index contributed by atoms with van der Waals surface area (Å²) in [5.74, 6) is 0.643. The molecule has 0 N–H and O–H groups in total. The minimum atomic E-state index is -0.234. The topological polar surface area (TPSA) is 41.9 Å². The summed E-state index contributed by atoms with van der Waals surface area (Å²) in [6, 6.07) is 3.98. The van der Waals surface area contributed by atoms with Crippen molar-refractivity contribution in [3.8, 4) is 0 Å². The van der Waals surface area contributed by atoms with Gasteiger partial charge in [0, 0.05) is 28.2 Å². The molecule has 2 aromatic rings. The van der Waals surface area contributed by atoms with Gasteiger partial charge in [0.15, 0.2) is 11.7 Å². The zero-order valence-corrected chi connectivity index (χ0v) is 16.3. The molecule has 4 nitrogen and oxygen atoms in total. The monoisotopic (exact) mass is 376 g/mol. The highest BCUT2D eigenvalue weighted by atomic mass is 35.5. The van der Waals surface area contributed by atoms with Crippen LogP contribution in [0.2, 0.25) is 5.02 Å². The highest BCUT2D eigenvalue weighted by Gasteiger charge is 2.30. The van der Waals surface area contributed by atoms with E-state index in [1.54, 1.807) is 11.3 Å². The normalized spacial score (nSPS) is 19.6. The smallest absolute Gasteiger partial charge is 0.191 e. The number of hydrogen-bond acceptors (Lipinski definition) is 5. The number of likely N-dealkylation sites (N-methyl/N-ethyl adjacent to an activating group) is 1. The molecule has 0 spiro atoms. The zero-order chi connectivity index (χ0) is 17.8. The SMILES string of the molecule is CN1CCc2c(Cl)ccc3sc(C(=O)CC4=NC(C)(C)CO4)c(c23)C1. The molecule has 0 aliphatic carbocycles. The number of thiophene rings is 1. The molecule has 3 heterocycles. The quantitative estimate of drug-likeness (QED) is 0.749. The Kier molecular flexibility index (Phi) is 4.13. The summed E-state index contributed by atoms with van der Waals surface area (Å²) >= 11 is 8.02. The lowest BCUT2D eigenvalue weighted by Crippen LogP contribution is -2.19. The number of carbonyl (C=O) groups is 1. The summed E-state index contributed by atoms with van der Waals surface area (Å²) in [7, 11) is 2.09. The van der Waals surface area contributed by atoms with Crippen molar-refractivity contribution in [1.29, 1.82) is 0 Å². The second kappa shape index (κ2) is 6.08. The number of aliphatic imine (C=N–C) groups is 1. The van der Waals surface area contributed by atoms with E-state index in [1.807, 2.05) is 26.0 Å². The van der Waals surface area contributed by atoms with E-state index in [-0.39, 0.29) is 17.7 Å². The van der Waals surface area contributed by atoms with Gasteiger partial charge in [0.05, 0.1) is 16.8 Å². The minimum absolute atomic E-state index is 0.0880. The van der Waals surface area contributed by atoms with Crippen molar-refractivity contribution >= 4 is 44.7 Å². The van der Waals surface area contributed by atoms with Crippen LogP contribution in [-0.2, 0) is 17.7 Å². The van der Waals surface area contributed by atoms with Crippen molar-refractivity contribution in [3.63, 3.8) is 0 Å². The van der Waals surface area contributed by atoms with E-state index in [0.29, 0.717) is 12.5 Å². The Hall–Kier alpha value is -1.43. The van der Waals surface area contributed by atoms with Crippen LogP contribution in [0, 0.1) is 0 Å². The van der Waals surface area contributed by atoms with E-state index >= 15 is 0 Å². The summed E-state index contributed by atoms with van der Waals surface area (Å²) in [4.78, 5) is 20.6. The second-order valence-electron chi connectivity index (χ2n) is 7.50. The average molecular weight is 377 g/mol. The van der Waals surface area contributed by atoms with E-state index < -0.39 is 0 Å². The number of rotatable bonds is 3. The molecule has 0 fully saturated rings. The van der Waals surface area contributed by atoms with E-state index in [9.17, 15) is 4.79 Å². The van der Waals surface area contributed by atoms with Crippen molar-refractivity contribution < 1.29 is 9.53 Å². The van der Waals surface area contributed by atoms with Crippen LogP contribution in [0.1, 0.15) is 41.1 Å². The summed E-state index contributed by atoms with van der Waals surface area (Å²) < 4.78 is 6.75. The molecule has 0 saturated carbocycles. The Bertz CT molecular complexity index is 900. The standard InChI is InChI=1S/C19H21ClN2O2S/c1-19(2)10-24-16(21-19)8-14(23)18-12-9-22(3)7-6-11-13(20)4-5-15(25-18)17(11)12/h4-5H,6-10H2,1-3H3. The largest absolute Gasteiger partial charge is 0.478 e. The van der Waals surface area contributed by atoms with Gasteiger partial charge in [-0.15, -0.1) is 11.3 Å². The number of Topliss-reactive ketones (excluding diaryl/α,β-unsaturated/α-hetero) is 1. The number of carbonyl (C=O) groups excluding carboxylic acids is 1. The Balaban J connectivity index is 1.76. The van der Waals surface area contributed by atoms with Crippen LogP contribution in [0.4, 0.5) is 0 Å². The van der Waals surface area contributed by atoms with Gasteiger partial charge in [-0.05, 0) is 50.6 Å². The Morgan fingerprint density at radius 2 is 2.20 bits per heavy atom. The third-order valence-electron chi connectivity index (χ3n) is 4.76. The van der Waals surface area contributed by atoms with Crippen LogP contribution < -0.4 is 0 Å². The number of hydrogen-bond donors (Lipinski definition) is 0. The van der Waals surface area contributed by atoms with Gasteiger partial charge in [0.1, 0.15) is 6.61 Å². The first kappa shape index (κ1) is 17.0. The Labute approximate surface area is 156 Å². The average Bonchev–Trinajstić information content (AvgIpc) is 3.00. The van der Waals surface area contributed by atoms with E-state index in [2.05, 4.69) is 16.9 Å². The molecule has 0 unspecified atom stereocenters. The molecule has 0 atom stereocenters. The van der Waals surface area contributed by atoms with E-state index in [0.717, 1.165) is 39.7 Å². The van der Waals surface area contributed by atoms with E-state index in [1.165, 1.54) is 10.9 Å². The van der Waals surface area contributed by atoms with Gasteiger partial charge in [-0.1, -0.05) is 11.6 Å². The van der Waals surface area contributed by atoms with Gasteiger partial charge in [-0.3, -0.25) is 4.79 Å². The van der Waals surface area contributed by atoms with Gasteiger partial charge in [-0.2, -0.15) is 0 Å². The molecular formula is C19H21ClN2O2S. The summed E-state index contributed by atoms with van der Waals surface area (Å²) in [5, 5.41) is 1.98. The molecule has 2 aliphatic rings. The third kappa shape index (κ3) is 3.09. The Morgan fingerprint density at radius 3 is 2.92 bits per heavy atom. The molecule has 0 amide bonds. The first-order valence-electron chi connectivity index (χ1n) is 8.50. The van der Waals surface area contributed by atoms with Gasteiger partial charge in [0.25, 0.3) is 0 Å². The van der Waals surface area contributed by atoms with Crippen LogP contribution in [0.25, 0.3) is 10.1 Å². The van der Waals surface area contributed by atoms with Crippen molar-refractivity contribution in [3.05, 3.63) is 33.2 Å². The second-order valence-corrected chi connectivity index (χ2v) is 8.96. The molecule has 25 heavy (non-hydrogen) atoms. The van der Waals surface area contributed by atoms with Crippen molar-refractivity contribution in [2.24, 2.45) is 4.99 Å². The van der Waals surface area contributed by atoms with Gasteiger partial charge >= 0.3 is 0 Å². The first-order chi connectivity index (χ1) is 11.8. The lowest BCUT2D eigenvalue weighted by Gasteiger charge is -2.13. The van der Waals surface area contributed by atoms with Crippen molar-refractivity contribution in [1.82, 2.24) is 4.90 Å². The van der Waals surface area contributed by atoms with E-state index in [4.69, 9.17) is 16.3 Å². The first-order valence-corrected chi connectivity index (χ1v) is 9.69. The van der Waals surface area contributed by atoms with Crippen LogP contribution in [0.15, 0.2) is 17.1 Å². The molecule has 1 aromatic carbocycles. The lowest BCUT2D eigenvalue weighted by molar-refractivity contribution is 0.0996. The fourth-order valence-electron chi connectivity index (χ4n) is 3.54. The van der Waals surface area contributed by atoms with Crippen LogP contribution >= 0.6 is 22.9 Å². The molecule has 6 heteroatoms. The number of ether oxygens (including phenoxy) is 1. The highest BCUT2D eigenvalue weighted by molar-refractivity contribution is 7.21. The predicted molar refractivity (Wildman–Crippen MR) is 103 cm³/mol. The summed E-state index contributed by atoms with van der Waals surface area (Å²) in [6.45, 7) is 6.28. The van der Waals surface area contributed by atoms with Crippen LogP contribution in [0.5, 0.6) is 0 Å². The molecule has 1 aromatic heterocycles. The maximum Gasteiger partial charge on any atom is 0.191 e. The van der Waals surface area contributed by atoms with Gasteiger partial charge in [-0.25, -0.2) is 4.99 Å². The van der Waals surface area contributed by atoms with Gasteiger partial charge in [0.2, 0.25) is 0 Å². The molecule has 132 valence electrons. The molecule has 0 saturated heterocycles. The number of ketones is 1. The number of halogens is 1. The minimum Gasteiger partial charge on any atom is -0.478 e. The summed E-state index contributed by atoms with van der Waals surface area (Å²) in [6.07, 6.45) is 1.14. The van der Waals surface area contributed by atoms with Crippen LogP contribution in [0.3, 0.4) is 0 Å². The highest BCUT2D eigenvalue weighted by Crippen LogP contribution is 2.40. The molecule has 0 radical (unpaired) electrons. The maximum atomic E-state index is 13.0. The fraction of sp³-hybridized carbons (Fsp3) is 0.474. The zero-order valence-electron chi connectivity index (χ0n) is 14.7. The third-order valence-corrected chi connectivity index (χ3v) is 6.35. The van der Waals surface area contributed by atoms with Crippen molar-refractivity contribution in [2.75, 3.05) is 20.2 Å². The lowest BCUT2D eigenvalue weighted by atomic mass is 10.0.